The zero-order valence-electron chi connectivity index (χ0n) is 11.2. The zero-order chi connectivity index (χ0) is 12.3. The number of rotatable bonds is 5. The van der Waals surface area contributed by atoms with Gasteiger partial charge < -0.3 is 14.8 Å². The first-order chi connectivity index (χ1) is 8.15. The summed E-state index contributed by atoms with van der Waals surface area (Å²) in [7, 11) is 2.20. The van der Waals surface area contributed by atoms with Gasteiger partial charge in [0.05, 0.1) is 0 Å². The minimum Gasteiger partial charge on any atom is -0.355 e. The van der Waals surface area contributed by atoms with Crippen LogP contribution in [0.2, 0.25) is 0 Å². The minimum atomic E-state index is 0.651. The van der Waals surface area contributed by atoms with Crippen LogP contribution in [-0.4, -0.2) is 41.1 Å². The lowest BCUT2D eigenvalue weighted by atomic mass is 10.1. The molecule has 1 aromatic rings. The van der Waals surface area contributed by atoms with Crippen LogP contribution in [0.15, 0.2) is 12.4 Å². The standard InChI is InChI=1S/C13H24N4/c1-11(2)8-15-13-14-5-7-17(13)10-12-4-6-16(3)9-12/h5,7,11-12H,4,6,8-10H2,1-3H3,(H,14,15). The second-order valence-electron chi connectivity index (χ2n) is 5.59. The summed E-state index contributed by atoms with van der Waals surface area (Å²) in [6, 6.07) is 0. The molecular weight excluding hydrogens is 212 g/mol. The fourth-order valence-corrected chi connectivity index (χ4v) is 2.37. The van der Waals surface area contributed by atoms with Crippen molar-refractivity contribution < 1.29 is 0 Å². The van der Waals surface area contributed by atoms with Gasteiger partial charge in [-0.15, -0.1) is 0 Å². The summed E-state index contributed by atoms with van der Waals surface area (Å²) in [4.78, 5) is 6.79. The number of aromatic nitrogens is 2. The van der Waals surface area contributed by atoms with Crippen molar-refractivity contribution >= 4 is 5.95 Å². The molecule has 0 spiro atoms. The van der Waals surface area contributed by atoms with Crippen LogP contribution >= 0.6 is 0 Å². The number of likely N-dealkylation sites (tertiary alicyclic amines) is 1. The Morgan fingerprint density at radius 2 is 2.35 bits per heavy atom. The van der Waals surface area contributed by atoms with Crippen molar-refractivity contribution in [3.05, 3.63) is 12.4 Å². The van der Waals surface area contributed by atoms with Gasteiger partial charge in [0.2, 0.25) is 5.95 Å². The van der Waals surface area contributed by atoms with E-state index in [0.717, 1.165) is 25.0 Å². The normalized spacial score (nSPS) is 21.3. The highest BCUT2D eigenvalue weighted by molar-refractivity contribution is 5.25. The van der Waals surface area contributed by atoms with Crippen molar-refractivity contribution in [2.45, 2.75) is 26.8 Å². The summed E-state index contributed by atoms with van der Waals surface area (Å²) < 4.78 is 2.26. The van der Waals surface area contributed by atoms with Crippen molar-refractivity contribution in [2.75, 3.05) is 32.0 Å². The van der Waals surface area contributed by atoms with E-state index < -0.39 is 0 Å². The van der Waals surface area contributed by atoms with Crippen molar-refractivity contribution in [3.8, 4) is 0 Å². The Labute approximate surface area is 104 Å². The molecule has 0 amide bonds. The smallest absolute Gasteiger partial charge is 0.202 e. The molecule has 0 radical (unpaired) electrons. The summed E-state index contributed by atoms with van der Waals surface area (Å²) in [6.07, 6.45) is 5.28. The molecule has 0 aliphatic carbocycles. The van der Waals surface area contributed by atoms with Gasteiger partial charge >= 0.3 is 0 Å². The van der Waals surface area contributed by atoms with Gasteiger partial charge in [0.1, 0.15) is 0 Å². The maximum atomic E-state index is 4.39. The molecule has 96 valence electrons. The van der Waals surface area contributed by atoms with E-state index in [1.807, 2.05) is 6.20 Å². The molecule has 0 bridgehead atoms. The predicted octanol–water partition coefficient (Wildman–Crippen LogP) is 1.90. The first-order valence-electron chi connectivity index (χ1n) is 6.58. The van der Waals surface area contributed by atoms with Gasteiger partial charge in [0.15, 0.2) is 0 Å². The molecule has 1 unspecified atom stereocenters. The van der Waals surface area contributed by atoms with Crippen LogP contribution in [0.5, 0.6) is 0 Å². The number of hydrogen-bond acceptors (Lipinski definition) is 3. The average molecular weight is 236 g/mol. The third-order valence-corrected chi connectivity index (χ3v) is 3.33. The molecule has 1 fully saturated rings. The fraction of sp³-hybridized carbons (Fsp3) is 0.769. The van der Waals surface area contributed by atoms with Crippen LogP contribution < -0.4 is 5.32 Å². The summed E-state index contributed by atoms with van der Waals surface area (Å²) in [5, 5.41) is 3.42. The van der Waals surface area contributed by atoms with E-state index in [-0.39, 0.29) is 0 Å². The maximum absolute atomic E-state index is 4.39. The van der Waals surface area contributed by atoms with Crippen molar-refractivity contribution in [1.82, 2.24) is 14.5 Å². The Kier molecular flexibility index (Phi) is 4.05. The van der Waals surface area contributed by atoms with Gasteiger partial charge in [-0.05, 0) is 31.8 Å². The lowest BCUT2D eigenvalue weighted by Crippen LogP contribution is -2.19. The number of nitrogens with zero attached hydrogens (tertiary/aromatic N) is 3. The van der Waals surface area contributed by atoms with Crippen molar-refractivity contribution in [3.63, 3.8) is 0 Å². The Balaban J connectivity index is 1.89. The zero-order valence-corrected chi connectivity index (χ0v) is 11.2. The molecule has 17 heavy (non-hydrogen) atoms. The van der Waals surface area contributed by atoms with E-state index in [1.165, 1.54) is 19.5 Å². The SMILES string of the molecule is CC(C)CNc1nccn1CC1CCN(C)C1. The third-order valence-electron chi connectivity index (χ3n) is 3.33. The minimum absolute atomic E-state index is 0.651. The van der Waals surface area contributed by atoms with E-state index in [0.29, 0.717) is 5.92 Å². The Bertz CT molecular complexity index is 345. The molecule has 1 atom stereocenters. The number of hydrogen-bond donors (Lipinski definition) is 1. The van der Waals surface area contributed by atoms with Crippen LogP contribution in [0.25, 0.3) is 0 Å². The first-order valence-corrected chi connectivity index (χ1v) is 6.58. The van der Waals surface area contributed by atoms with Gasteiger partial charge in [-0.2, -0.15) is 0 Å². The Morgan fingerprint density at radius 1 is 1.53 bits per heavy atom. The monoisotopic (exact) mass is 236 g/mol. The highest BCUT2D eigenvalue weighted by atomic mass is 15.2. The van der Waals surface area contributed by atoms with Crippen LogP contribution in [0.3, 0.4) is 0 Å². The highest BCUT2D eigenvalue weighted by Gasteiger charge is 2.20. The summed E-state index contributed by atoms with van der Waals surface area (Å²) in [5.74, 6) is 2.44. The van der Waals surface area contributed by atoms with E-state index in [1.54, 1.807) is 0 Å². The van der Waals surface area contributed by atoms with Gasteiger partial charge in [0, 0.05) is 32.0 Å². The summed E-state index contributed by atoms with van der Waals surface area (Å²) in [6.45, 7) is 8.95. The summed E-state index contributed by atoms with van der Waals surface area (Å²) in [5.41, 5.74) is 0. The molecule has 2 heterocycles. The van der Waals surface area contributed by atoms with Gasteiger partial charge in [-0.3, -0.25) is 0 Å². The largest absolute Gasteiger partial charge is 0.355 e. The second-order valence-corrected chi connectivity index (χ2v) is 5.59. The summed E-state index contributed by atoms with van der Waals surface area (Å²) >= 11 is 0. The number of anilines is 1. The molecule has 1 saturated heterocycles. The predicted molar refractivity (Wildman–Crippen MR) is 71.2 cm³/mol. The molecule has 1 N–H and O–H groups in total. The average Bonchev–Trinajstić information content (AvgIpc) is 2.86. The molecule has 1 aliphatic rings. The van der Waals surface area contributed by atoms with Gasteiger partial charge in [0.25, 0.3) is 0 Å². The van der Waals surface area contributed by atoms with E-state index >= 15 is 0 Å². The lowest BCUT2D eigenvalue weighted by Gasteiger charge is -2.15. The number of nitrogens with one attached hydrogen (secondary N) is 1. The van der Waals surface area contributed by atoms with Crippen LogP contribution in [-0.2, 0) is 6.54 Å². The molecule has 1 aromatic heterocycles. The van der Waals surface area contributed by atoms with Crippen molar-refractivity contribution in [1.29, 1.82) is 0 Å². The molecule has 4 heteroatoms. The molecule has 2 rings (SSSR count). The third kappa shape index (κ3) is 3.46. The molecule has 0 saturated carbocycles. The van der Waals surface area contributed by atoms with E-state index in [4.69, 9.17) is 0 Å². The van der Waals surface area contributed by atoms with Crippen LogP contribution in [0.1, 0.15) is 20.3 Å². The van der Waals surface area contributed by atoms with Gasteiger partial charge in [-0.25, -0.2) is 4.98 Å². The quantitative estimate of drug-likeness (QED) is 0.847. The van der Waals surface area contributed by atoms with Crippen molar-refractivity contribution in [2.24, 2.45) is 11.8 Å². The van der Waals surface area contributed by atoms with E-state index in [2.05, 4.69) is 46.9 Å². The Morgan fingerprint density at radius 3 is 3.00 bits per heavy atom. The lowest BCUT2D eigenvalue weighted by molar-refractivity contribution is 0.378. The van der Waals surface area contributed by atoms with Crippen LogP contribution in [0, 0.1) is 11.8 Å². The van der Waals surface area contributed by atoms with Crippen LogP contribution in [0.4, 0.5) is 5.95 Å². The first kappa shape index (κ1) is 12.4. The second kappa shape index (κ2) is 5.54. The molecule has 1 aliphatic heterocycles. The molecule has 0 aromatic carbocycles. The topological polar surface area (TPSA) is 33.1 Å². The Hall–Kier alpha value is -1.03. The number of imidazole rings is 1. The molecule has 4 nitrogen and oxygen atoms in total. The van der Waals surface area contributed by atoms with E-state index in [9.17, 15) is 0 Å². The van der Waals surface area contributed by atoms with Gasteiger partial charge in [-0.1, -0.05) is 13.8 Å². The fourth-order valence-electron chi connectivity index (χ4n) is 2.37. The molecular formula is C13H24N4. The highest BCUT2D eigenvalue weighted by Crippen LogP contribution is 2.18. The maximum Gasteiger partial charge on any atom is 0.202 e.